The van der Waals surface area contributed by atoms with Gasteiger partial charge in [0, 0.05) is 41.2 Å². The maximum absolute atomic E-state index is 13.2. The molecule has 0 radical (unpaired) electrons. The van der Waals surface area contributed by atoms with Crippen LogP contribution in [0.4, 0.5) is 4.39 Å². The number of hydrogen-bond acceptors (Lipinski definition) is 6. The number of hydrogen-bond donors (Lipinski definition) is 1. The smallest absolute Gasteiger partial charge is 0.206 e. The number of benzene rings is 3. The summed E-state index contributed by atoms with van der Waals surface area (Å²) in [6.07, 6.45) is 0. The lowest BCUT2D eigenvalue weighted by Gasteiger charge is -2.37. The minimum Gasteiger partial charge on any atom is -0.508 e. The van der Waals surface area contributed by atoms with Crippen LogP contribution < -0.4 is 9.47 Å². The van der Waals surface area contributed by atoms with Crippen molar-refractivity contribution in [1.29, 1.82) is 0 Å². The SMILES string of the molecule is O=C(c1ccccc1)c1sc2cc(O)ccc2c1Oc1ccc(OCCN2CC(CF)C2)cc1. The Bertz CT molecular complexity index is 1280. The van der Waals surface area contributed by atoms with Gasteiger partial charge in [0.05, 0.1) is 6.67 Å². The van der Waals surface area contributed by atoms with Gasteiger partial charge in [0.1, 0.15) is 28.7 Å². The first-order valence-electron chi connectivity index (χ1n) is 11.1. The van der Waals surface area contributed by atoms with Gasteiger partial charge in [-0.25, -0.2) is 0 Å². The Morgan fingerprint density at radius 3 is 2.50 bits per heavy atom. The lowest BCUT2D eigenvalue weighted by atomic mass is 10.0. The van der Waals surface area contributed by atoms with E-state index < -0.39 is 0 Å². The van der Waals surface area contributed by atoms with E-state index >= 15 is 0 Å². The Hall–Kier alpha value is -3.42. The second-order valence-corrected chi connectivity index (χ2v) is 9.39. The van der Waals surface area contributed by atoms with Gasteiger partial charge in [0.25, 0.3) is 0 Å². The van der Waals surface area contributed by atoms with Crippen LogP contribution in [0.3, 0.4) is 0 Å². The molecule has 5 rings (SSSR count). The van der Waals surface area contributed by atoms with E-state index in [0.29, 0.717) is 28.5 Å². The van der Waals surface area contributed by atoms with Gasteiger partial charge in [-0.1, -0.05) is 30.3 Å². The quantitative estimate of drug-likeness (QED) is 0.304. The van der Waals surface area contributed by atoms with Crippen LogP contribution in [0.25, 0.3) is 10.1 Å². The lowest BCUT2D eigenvalue weighted by molar-refractivity contribution is 0.0668. The predicted octanol–water partition coefficient (Wildman–Crippen LogP) is 5.91. The van der Waals surface area contributed by atoms with E-state index in [0.717, 1.165) is 35.5 Å². The summed E-state index contributed by atoms with van der Waals surface area (Å²) in [5.41, 5.74) is 0.576. The summed E-state index contributed by atoms with van der Waals surface area (Å²) in [4.78, 5) is 15.9. The standard InChI is InChI=1S/C27H24FNO4S/c28-15-18-16-29(17-18)12-13-32-21-7-9-22(10-8-21)33-26-23-11-6-20(30)14-24(23)34-27(26)25(31)19-4-2-1-3-5-19/h1-11,14,18,30H,12-13,15-17H2. The van der Waals surface area contributed by atoms with E-state index in [9.17, 15) is 14.3 Å². The van der Waals surface area contributed by atoms with Crippen molar-refractivity contribution in [3.05, 3.63) is 83.2 Å². The van der Waals surface area contributed by atoms with Crippen molar-refractivity contribution < 1.29 is 23.8 Å². The zero-order valence-electron chi connectivity index (χ0n) is 18.4. The molecule has 174 valence electrons. The van der Waals surface area contributed by atoms with Gasteiger partial charge in [-0.15, -0.1) is 11.3 Å². The number of thiophene rings is 1. The monoisotopic (exact) mass is 477 g/mol. The number of aromatic hydroxyl groups is 1. The Morgan fingerprint density at radius 2 is 1.76 bits per heavy atom. The molecule has 0 aliphatic carbocycles. The molecule has 0 saturated carbocycles. The zero-order chi connectivity index (χ0) is 23.5. The van der Waals surface area contributed by atoms with Crippen molar-refractivity contribution in [1.82, 2.24) is 4.90 Å². The fraction of sp³-hybridized carbons (Fsp3) is 0.222. The number of likely N-dealkylation sites (tertiary alicyclic amines) is 1. The minimum atomic E-state index is -0.252. The topological polar surface area (TPSA) is 59.0 Å². The van der Waals surface area contributed by atoms with Crippen molar-refractivity contribution in [3.63, 3.8) is 0 Å². The number of fused-ring (bicyclic) bond motifs is 1. The summed E-state index contributed by atoms with van der Waals surface area (Å²) in [6.45, 7) is 2.64. The molecule has 5 nitrogen and oxygen atoms in total. The Balaban J connectivity index is 1.32. The molecular formula is C27H24FNO4S. The van der Waals surface area contributed by atoms with Crippen LogP contribution in [0.5, 0.6) is 23.0 Å². The highest BCUT2D eigenvalue weighted by Crippen LogP contribution is 2.42. The van der Waals surface area contributed by atoms with E-state index in [4.69, 9.17) is 9.47 Å². The first-order chi connectivity index (χ1) is 16.6. The van der Waals surface area contributed by atoms with E-state index in [1.165, 1.54) is 11.3 Å². The molecule has 1 N–H and O–H groups in total. The Kier molecular flexibility index (Phi) is 6.47. The Labute approximate surface area is 201 Å². The molecule has 2 heterocycles. The van der Waals surface area contributed by atoms with E-state index in [-0.39, 0.29) is 24.1 Å². The fourth-order valence-electron chi connectivity index (χ4n) is 4.00. The van der Waals surface area contributed by atoms with E-state index in [1.807, 2.05) is 30.3 Å². The first-order valence-corrected chi connectivity index (χ1v) is 12.0. The average Bonchev–Trinajstić information content (AvgIpc) is 3.18. The molecule has 7 heteroatoms. The molecule has 0 spiro atoms. The van der Waals surface area contributed by atoms with Gasteiger partial charge in [-0.05, 0) is 42.5 Å². The van der Waals surface area contributed by atoms with Crippen LogP contribution in [0.15, 0.2) is 72.8 Å². The zero-order valence-corrected chi connectivity index (χ0v) is 19.3. The molecule has 0 unspecified atom stereocenters. The highest BCUT2D eigenvalue weighted by molar-refractivity contribution is 7.21. The maximum Gasteiger partial charge on any atom is 0.206 e. The highest BCUT2D eigenvalue weighted by Gasteiger charge is 2.26. The number of halogens is 1. The van der Waals surface area contributed by atoms with Gasteiger partial charge in [0.2, 0.25) is 5.78 Å². The van der Waals surface area contributed by atoms with Crippen molar-refractivity contribution in [2.45, 2.75) is 0 Å². The van der Waals surface area contributed by atoms with Gasteiger partial charge < -0.3 is 14.6 Å². The summed E-state index contributed by atoms with van der Waals surface area (Å²) >= 11 is 1.30. The second kappa shape index (κ2) is 9.83. The summed E-state index contributed by atoms with van der Waals surface area (Å²) < 4.78 is 25.3. The third-order valence-corrected chi connectivity index (χ3v) is 6.97. The van der Waals surface area contributed by atoms with Crippen LogP contribution in [0.1, 0.15) is 15.2 Å². The van der Waals surface area contributed by atoms with Gasteiger partial charge >= 0.3 is 0 Å². The maximum atomic E-state index is 13.2. The molecule has 1 aromatic heterocycles. The number of phenols is 1. The molecular weight excluding hydrogens is 453 g/mol. The average molecular weight is 478 g/mol. The molecule has 0 atom stereocenters. The predicted molar refractivity (Wildman–Crippen MR) is 131 cm³/mol. The molecule has 0 amide bonds. The van der Waals surface area contributed by atoms with Crippen molar-refractivity contribution in [3.8, 4) is 23.0 Å². The first kappa shape index (κ1) is 22.4. The fourth-order valence-corrected chi connectivity index (χ4v) is 5.13. The second-order valence-electron chi connectivity index (χ2n) is 8.34. The number of ether oxygens (including phenoxy) is 2. The van der Waals surface area contributed by atoms with Crippen LogP contribution in [0, 0.1) is 5.92 Å². The minimum absolute atomic E-state index is 0.128. The van der Waals surface area contributed by atoms with Crippen LogP contribution in [-0.4, -0.2) is 48.7 Å². The van der Waals surface area contributed by atoms with Gasteiger partial charge in [-0.3, -0.25) is 14.1 Å². The molecule has 3 aromatic carbocycles. The number of carbonyl (C=O) groups excluding carboxylic acids is 1. The molecule has 1 saturated heterocycles. The summed E-state index contributed by atoms with van der Waals surface area (Å²) in [6, 6.07) is 21.3. The van der Waals surface area contributed by atoms with Crippen molar-refractivity contribution in [2.24, 2.45) is 5.92 Å². The van der Waals surface area contributed by atoms with Crippen LogP contribution in [0.2, 0.25) is 0 Å². The Morgan fingerprint density at radius 1 is 1.03 bits per heavy atom. The van der Waals surface area contributed by atoms with Crippen LogP contribution in [-0.2, 0) is 0 Å². The van der Waals surface area contributed by atoms with Gasteiger partial charge in [0.15, 0.2) is 5.75 Å². The number of nitrogens with zero attached hydrogens (tertiary/aromatic N) is 1. The third kappa shape index (κ3) is 4.76. The number of carbonyl (C=O) groups is 1. The molecule has 0 bridgehead atoms. The highest BCUT2D eigenvalue weighted by atomic mass is 32.1. The number of rotatable bonds is 9. The molecule has 4 aromatic rings. The molecule has 1 aliphatic heterocycles. The van der Waals surface area contributed by atoms with E-state index in [2.05, 4.69) is 4.90 Å². The van der Waals surface area contributed by atoms with E-state index in [1.54, 1.807) is 42.5 Å². The number of ketones is 1. The molecule has 1 aliphatic rings. The largest absolute Gasteiger partial charge is 0.508 e. The summed E-state index contributed by atoms with van der Waals surface area (Å²) in [5.74, 6) is 1.96. The van der Waals surface area contributed by atoms with Crippen molar-refractivity contribution in [2.75, 3.05) is 32.9 Å². The molecule has 1 fully saturated rings. The number of alkyl halides is 1. The van der Waals surface area contributed by atoms with Gasteiger partial charge in [-0.2, -0.15) is 0 Å². The normalized spacial score (nSPS) is 14.1. The number of phenolic OH excluding ortho intramolecular Hbond substituents is 1. The summed E-state index contributed by atoms with van der Waals surface area (Å²) in [5, 5.41) is 10.7. The third-order valence-electron chi connectivity index (χ3n) is 5.84. The van der Waals surface area contributed by atoms with Crippen molar-refractivity contribution >= 4 is 27.2 Å². The summed E-state index contributed by atoms with van der Waals surface area (Å²) in [7, 11) is 0. The molecule has 34 heavy (non-hydrogen) atoms. The van der Waals surface area contributed by atoms with Crippen LogP contribution >= 0.6 is 11.3 Å². The lowest BCUT2D eigenvalue weighted by Crippen LogP contribution is -2.49.